The van der Waals surface area contributed by atoms with Crippen molar-refractivity contribution in [2.75, 3.05) is 18.0 Å². The van der Waals surface area contributed by atoms with Crippen LogP contribution in [0, 0.1) is 5.82 Å². The number of rotatable bonds is 1. The number of benzene rings is 1. The summed E-state index contributed by atoms with van der Waals surface area (Å²) in [7, 11) is 0. The topological polar surface area (TPSA) is 29.0 Å². The first kappa shape index (κ1) is 9.51. The van der Waals surface area contributed by atoms with Gasteiger partial charge in [0, 0.05) is 24.7 Å². The molecule has 2 aromatic rings. The number of nitrogens with zero attached hydrogens (tertiary/aromatic N) is 3. The molecule has 0 radical (unpaired) electrons. The maximum Gasteiger partial charge on any atom is 0.225 e. The van der Waals surface area contributed by atoms with Crippen LogP contribution in [0.25, 0.3) is 10.9 Å². The van der Waals surface area contributed by atoms with Gasteiger partial charge in [0.15, 0.2) is 0 Å². The van der Waals surface area contributed by atoms with Gasteiger partial charge in [0.1, 0.15) is 5.82 Å². The lowest BCUT2D eigenvalue weighted by Crippen LogP contribution is -2.20. The molecule has 16 heavy (non-hydrogen) atoms. The van der Waals surface area contributed by atoms with Crippen LogP contribution in [0.1, 0.15) is 12.8 Å². The maximum absolute atomic E-state index is 13.0. The first-order valence-electron chi connectivity index (χ1n) is 5.50. The van der Waals surface area contributed by atoms with Crippen molar-refractivity contribution in [3.05, 3.63) is 30.2 Å². The summed E-state index contributed by atoms with van der Waals surface area (Å²) in [5, 5.41) is 0.753. The molecule has 3 nitrogen and oxygen atoms in total. The van der Waals surface area contributed by atoms with E-state index in [1.165, 1.54) is 25.0 Å². The normalized spacial score (nSPS) is 15.9. The van der Waals surface area contributed by atoms with Gasteiger partial charge >= 0.3 is 0 Å². The maximum atomic E-state index is 13.0. The van der Waals surface area contributed by atoms with Crippen LogP contribution in [0.4, 0.5) is 10.3 Å². The Morgan fingerprint density at radius 3 is 2.81 bits per heavy atom. The highest BCUT2D eigenvalue weighted by Crippen LogP contribution is 2.19. The lowest BCUT2D eigenvalue weighted by molar-refractivity contribution is 0.629. The van der Waals surface area contributed by atoms with Crippen LogP contribution in [0.2, 0.25) is 0 Å². The van der Waals surface area contributed by atoms with E-state index < -0.39 is 0 Å². The van der Waals surface area contributed by atoms with E-state index in [0.29, 0.717) is 0 Å². The molecule has 4 heteroatoms. The average Bonchev–Trinajstić information content (AvgIpc) is 2.82. The number of hydrogen-bond donors (Lipinski definition) is 0. The van der Waals surface area contributed by atoms with Crippen molar-refractivity contribution in [2.24, 2.45) is 0 Å². The first-order valence-corrected chi connectivity index (χ1v) is 5.50. The lowest BCUT2D eigenvalue weighted by Gasteiger charge is -2.14. The summed E-state index contributed by atoms with van der Waals surface area (Å²) in [6, 6.07) is 4.60. The fourth-order valence-corrected chi connectivity index (χ4v) is 2.06. The van der Waals surface area contributed by atoms with E-state index in [0.717, 1.165) is 29.9 Å². The number of halogens is 1. The van der Waals surface area contributed by atoms with E-state index in [1.807, 2.05) is 0 Å². The van der Waals surface area contributed by atoms with Gasteiger partial charge in [-0.2, -0.15) is 0 Å². The molecule has 1 aromatic heterocycles. The molecular weight excluding hydrogens is 205 g/mol. The van der Waals surface area contributed by atoms with Crippen molar-refractivity contribution in [3.63, 3.8) is 0 Å². The van der Waals surface area contributed by atoms with Crippen LogP contribution < -0.4 is 4.90 Å². The quantitative estimate of drug-likeness (QED) is 0.734. The monoisotopic (exact) mass is 217 g/mol. The molecule has 0 spiro atoms. The zero-order chi connectivity index (χ0) is 11.0. The van der Waals surface area contributed by atoms with Crippen molar-refractivity contribution in [1.82, 2.24) is 9.97 Å². The molecule has 82 valence electrons. The van der Waals surface area contributed by atoms with Crippen LogP contribution in [0.15, 0.2) is 24.4 Å². The molecule has 2 heterocycles. The highest BCUT2D eigenvalue weighted by molar-refractivity contribution is 5.78. The van der Waals surface area contributed by atoms with Gasteiger partial charge in [-0.15, -0.1) is 0 Å². The fourth-order valence-electron chi connectivity index (χ4n) is 2.06. The Balaban J connectivity index is 2.05. The molecule has 0 N–H and O–H groups in total. The Labute approximate surface area is 92.9 Å². The molecular formula is C12H12FN3. The van der Waals surface area contributed by atoms with Crippen molar-refractivity contribution < 1.29 is 4.39 Å². The largest absolute Gasteiger partial charge is 0.341 e. The SMILES string of the molecule is Fc1ccc2nc(N3CCCC3)ncc2c1. The van der Waals surface area contributed by atoms with E-state index in [4.69, 9.17) is 0 Å². The number of hydrogen-bond acceptors (Lipinski definition) is 3. The summed E-state index contributed by atoms with van der Waals surface area (Å²) >= 11 is 0. The minimum Gasteiger partial charge on any atom is -0.341 e. The van der Waals surface area contributed by atoms with Gasteiger partial charge in [-0.3, -0.25) is 0 Å². The predicted molar refractivity (Wildman–Crippen MR) is 60.9 cm³/mol. The third kappa shape index (κ3) is 1.60. The highest BCUT2D eigenvalue weighted by atomic mass is 19.1. The summed E-state index contributed by atoms with van der Waals surface area (Å²) in [5.41, 5.74) is 0.804. The van der Waals surface area contributed by atoms with Crippen LogP contribution in [0.3, 0.4) is 0 Å². The smallest absolute Gasteiger partial charge is 0.225 e. The second kappa shape index (κ2) is 3.70. The van der Waals surface area contributed by atoms with Crippen molar-refractivity contribution in [1.29, 1.82) is 0 Å². The molecule has 1 aromatic carbocycles. The zero-order valence-electron chi connectivity index (χ0n) is 8.86. The first-order chi connectivity index (χ1) is 7.83. The third-order valence-electron chi connectivity index (χ3n) is 2.92. The fraction of sp³-hybridized carbons (Fsp3) is 0.333. The van der Waals surface area contributed by atoms with Gasteiger partial charge in [-0.25, -0.2) is 14.4 Å². The lowest BCUT2D eigenvalue weighted by atomic mass is 10.2. The van der Waals surface area contributed by atoms with Gasteiger partial charge in [0.2, 0.25) is 5.95 Å². The van der Waals surface area contributed by atoms with Crippen LogP contribution in [-0.2, 0) is 0 Å². The van der Waals surface area contributed by atoms with E-state index in [-0.39, 0.29) is 5.82 Å². The molecule has 3 rings (SSSR count). The molecule has 0 aliphatic carbocycles. The molecule has 0 saturated carbocycles. The molecule has 1 fully saturated rings. The third-order valence-corrected chi connectivity index (χ3v) is 2.92. The molecule has 0 atom stereocenters. The van der Waals surface area contributed by atoms with E-state index in [1.54, 1.807) is 12.3 Å². The van der Waals surface area contributed by atoms with Crippen molar-refractivity contribution in [2.45, 2.75) is 12.8 Å². The van der Waals surface area contributed by atoms with Crippen LogP contribution in [0.5, 0.6) is 0 Å². The second-order valence-corrected chi connectivity index (χ2v) is 4.07. The van der Waals surface area contributed by atoms with Gasteiger partial charge in [-0.05, 0) is 31.0 Å². The Morgan fingerprint density at radius 1 is 1.19 bits per heavy atom. The van der Waals surface area contributed by atoms with E-state index >= 15 is 0 Å². The Hall–Kier alpha value is -1.71. The summed E-state index contributed by atoms with van der Waals surface area (Å²) in [5.74, 6) is 0.515. The van der Waals surface area contributed by atoms with Gasteiger partial charge < -0.3 is 4.90 Å². The standard InChI is InChI=1S/C12H12FN3/c13-10-3-4-11-9(7-10)8-14-12(15-11)16-5-1-2-6-16/h3-4,7-8H,1-2,5-6H2. The zero-order valence-corrected chi connectivity index (χ0v) is 8.86. The Morgan fingerprint density at radius 2 is 2.00 bits per heavy atom. The highest BCUT2D eigenvalue weighted by Gasteiger charge is 2.14. The summed E-state index contributed by atoms with van der Waals surface area (Å²) in [6.07, 6.45) is 4.09. The summed E-state index contributed by atoms with van der Waals surface area (Å²) in [4.78, 5) is 10.9. The van der Waals surface area contributed by atoms with Crippen molar-refractivity contribution in [3.8, 4) is 0 Å². The minimum absolute atomic E-state index is 0.245. The molecule has 1 saturated heterocycles. The van der Waals surface area contributed by atoms with E-state index in [9.17, 15) is 4.39 Å². The van der Waals surface area contributed by atoms with E-state index in [2.05, 4.69) is 14.9 Å². The molecule has 1 aliphatic rings. The van der Waals surface area contributed by atoms with Gasteiger partial charge in [0.25, 0.3) is 0 Å². The number of fused-ring (bicyclic) bond motifs is 1. The summed E-state index contributed by atoms with van der Waals surface area (Å²) in [6.45, 7) is 2.04. The Kier molecular flexibility index (Phi) is 2.20. The minimum atomic E-state index is -0.245. The molecule has 1 aliphatic heterocycles. The van der Waals surface area contributed by atoms with Crippen molar-refractivity contribution >= 4 is 16.9 Å². The second-order valence-electron chi connectivity index (χ2n) is 4.07. The number of anilines is 1. The molecule has 0 amide bonds. The average molecular weight is 217 g/mol. The van der Waals surface area contributed by atoms with Gasteiger partial charge in [-0.1, -0.05) is 0 Å². The Bertz CT molecular complexity index is 521. The van der Waals surface area contributed by atoms with Crippen LogP contribution >= 0.6 is 0 Å². The van der Waals surface area contributed by atoms with Gasteiger partial charge in [0.05, 0.1) is 5.52 Å². The summed E-state index contributed by atoms with van der Waals surface area (Å²) < 4.78 is 13.0. The molecule has 0 unspecified atom stereocenters. The van der Waals surface area contributed by atoms with Crippen LogP contribution in [-0.4, -0.2) is 23.1 Å². The number of aromatic nitrogens is 2. The molecule has 0 bridgehead atoms. The predicted octanol–water partition coefficient (Wildman–Crippen LogP) is 2.37.